The summed E-state index contributed by atoms with van der Waals surface area (Å²) in [6.07, 6.45) is 10.4. The van der Waals surface area contributed by atoms with Crippen LogP contribution in [0.25, 0.3) is 11.6 Å². The maximum atomic E-state index is 11.7. The monoisotopic (exact) mass is 332 g/mol. The number of allylic oxidation sites excluding steroid dienone is 1. The summed E-state index contributed by atoms with van der Waals surface area (Å²) in [6.45, 7) is 3.93. The number of nitrogens with zero attached hydrogens (tertiary/aromatic N) is 2. The van der Waals surface area contributed by atoms with Crippen LogP contribution in [0.2, 0.25) is 0 Å². The number of unbranched alkanes of at least 4 members (excludes halogenated alkanes) is 5. The SMILES string of the molecule is CCCCCCC/C=C/c1cc(=O)cc(C(=[N+]=[N-])C(=O)OCC)o1. The first kappa shape index (κ1) is 19.6. The standard InChI is InChI=1S/C18H24N2O4/c1-3-5-6-7-8-9-10-11-15-12-14(21)13-16(24-15)17(20-19)18(22)23-4-2/h10-13H,3-9H2,1-2H3/b11-10+. The van der Waals surface area contributed by atoms with Gasteiger partial charge < -0.3 is 14.7 Å². The van der Waals surface area contributed by atoms with Gasteiger partial charge in [0, 0.05) is 12.1 Å². The molecule has 0 radical (unpaired) electrons. The Bertz CT molecular complexity index is 670. The van der Waals surface area contributed by atoms with Gasteiger partial charge in [-0.05, 0) is 25.8 Å². The van der Waals surface area contributed by atoms with Crippen molar-refractivity contribution in [3.63, 3.8) is 0 Å². The topological polar surface area (TPSA) is 92.9 Å². The minimum absolute atomic E-state index is 0.119. The fraction of sp³-hybridized carbons (Fsp3) is 0.500. The minimum atomic E-state index is -0.847. The molecular formula is C18H24N2O4. The molecule has 1 aromatic rings. The summed E-state index contributed by atoms with van der Waals surface area (Å²) in [5.41, 5.74) is 8.21. The zero-order valence-corrected chi connectivity index (χ0v) is 14.3. The molecule has 6 nitrogen and oxygen atoms in total. The number of hydrogen-bond acceptors (Lipinski definition) is 4. The Morgan fingerprint density at radius 3 is 2.67 bits per heavy atom. The number of esters is 1. The highest BCUT2D eigenvalue weighted by molar-refractivity contribution is 6.39. The average molecular weight is 332 g/mol. The third-order valence-electron chi connectivity index (χ3n) is 3.34. The summed E-state index contributed by atoms with van der Waals surface area (Å²) < 4.78 is 10.2. The predicted octanol–water partition coefficient (Wildman–Crippen LogP) is 3.60. The molecular weight excluding hydrogens is 308 g/mol. The Labute approximate surface area is 141 Å². The molecule has 0 aliphatic rings. The van der Waals surface area contributed by atoms with Crippen LogP contribution in [0.1, 0.15) is 63.9 Å². The molecule has 0 fully saturated rings. The summed E-state index contributed by atoms with van der Waals surface area (Å²) in [6, 6.07) is 2.41. The van der Waals surface area contributed by atoms with Crippen molar-refractivity contribution in [1.82, 2.24) is 0 Å². The van der Waals surface area contributed by atoms with Gasteiger partial charge in [0.15, 0.2) is 5.43 Å². The van der Waals surface area contributed by atoms with Crippen LogP contribution in [-0.2, 0) is 9.53 Å². The van der Waals surface area contributed by atoms with E-state index in [2.05, 4.69) is 11.7 Å². The molecule has 0 unspecified atom stereocenters. The lowest BCUT2D eigenvalue weighted by Gasteiger charge is -1.99. The maximum Gasteiger partial charge on any atom is 0.441 e. The third kappa shape index (κ3) is 6.75. The summed E-state index contributed by atoms with van der Waals surface area (Å²) in [7, 11) is 0. The quantitative estimate of drug-likeness (QED) is 0.215. The average Bonchev–Trinajstić information content (AvgIpc) is 2.54. The number of carbonyl (C=O) groups is 1. The molecule has 0 saturated heterocycles. The maximum absolute atomic E-state index is 11.7. The molecule has 24 heavy (non-hydrogen) atoms. The van der Waals surface area contributed by atoms with Crippen molar-refractivity contribution >= 4 is 17.8 Å². The van der Waals surface area contributed by atoms with Crippen molar-refractivity contribution in [2.75, 3.05) is 6.61 Å². The second kappa shape index (κ2) is 11.1. The zero-order valence-electron chi connectivity index (χ0n) is 14.3. The van der Waals surface area contributed by atoms with Gasteiger partial charge in [0.1, 0.15) is 5.76 Å². The molecule has 6 heteroatoms. The van der Waals surface area contributed by atoms with Crippen molar-refractivity contribution in [2.45, 2.75) is 52.4 Å². The first-order valence-corrected chi connectivity index (χ1v) is 8.33. The summed E-state index contributed by atoms with van der Waals surface area (Å²) >= 11 is 0. The second-order valence-electron chi connectivity index (χ2n) is 5.33. The van der Waals surface area contributed by atoms with Gasteiger partial charge in [0.2, 0.25) is 5.76 Å². The molecule has 0 N–H and O–H groups in total. The van der Waals surface area contributed by atoms with Gasteiger partial charge in [-0.2, -0.15) is 4.79 Å². The fourth-order valence-electron chi connectivity index (χ4n) is 2.15. The van der Waals surface area contributed by atoms with E-state index in [1.165, 1.54) is 31.7 Å². The largest absolute Gasteiger partial charge is 0.457 e. The van der Waals surface area contributed by atoms with E-state index in [0.717, 1.165) is 18.9 Å². The molecule has 0 bridgehead atoms. The van der Waals surface area contributed by atoms with Crippen LogP contribution in [0.3, 0.4) is 0 Å². The van der Waals surface area contributed by atoms with Crippen LogP contribution < -0.4 is 5.43 Å². The lowest BCUT2D eigenvalue weighted by molar-refractivity contribution is -0.139. The van der Waals surface area contributed by atoms with Gasteiger partial charge in [-0.1, -0.05) is 38.7 Å². The molecule has 1 heterocycles. The van der Waals surface area contributed by atoms with Crippen LogP contribution in [0.15, 0.2) is 27.4 Å². The van der Waals surface area contributed by atoms with Crippen molar-refractivity contribution in [2.24, 2.45) is 0 Å². The molecule has 0 saturated carbocycles. The normalized spacial score (nSPS) is 10.6. The first-order chi connectivity index (χ1) is 11.6. The van der Waals surface area contributed by atoms with E-state index >= 15 is 0 Å². The van der Waals surface area contributed by atoms with Gasteiger partial charge in [-0.25, -0.2) is 4.79 Å². The first-order valence-electron chi connectivity index (χ1n) is 8.33. The summed E-state index contributed by atoms with van der Waals surface area (Å²) in [5.74, 6) is -0.664. The van der Waals surface area contributed by atoms with E-state index in [1.807, 2.05) is 6.08 Å². The van der Waals surface area contributed by atoms with Gasteiger partial charge in [0.05, 0.1) is 6.61 Å². The molecule has 1 aromatic heterocycles. The van der Waals surface area contributed by atoms with Crippen LogP contribution in [0, 0.1) is 0 Å². The second-order valence-corrected chi connectivity index (χ2v) is 5.33. The smallest absolute Gasteiger partial charge is 0.441 e. The van der Waals surface area contributed by atoms with Gasteiger partial charge in [-0.15, -0.1) is 0 Å². The number of ether oxygens (including phenoxy) is 1. The van der Waals surface area contributed by atoms with Crippen molar-refractivity contribution in [3.05, 3.63) is 45.5 Å². The van der Waals surface area contributed by atoms with E-state index in [0.29, 0.717) is 5.76 Å². The van der Waals surface area contributed by atoms with Gasteiger partial charge >= 0.3 is 11.7 Å². The Balaban J connectivity index is 2.77. The molecule has 0 aromatic carbocycles. The van der Waals surface area contributed by atoms with E-state index in [-0.39, 0.29) is 17.8 Å². The number of carbonyl (C=O) groups excluding carboxylic acids is 1. The van der Waals surface area contributed by atoms with E-state index in [4.69, 9.17) is 14.7 Å². The lowest BCUT2D eigenvalue weighted by atomic mass is 10.1. The molecule has 1 rings (SSSR count). The van der Waals surface area contributed by atoms with Crippen molar-refractivity contribution < 1.29 is 18.7 Å². The Morgan fingerprint density at radius 1 is 1.25 bits per heavy atom. The van der Waals surface area contributed by atoms with Crippen molar-refractivity contribution in [3.8, 4) is 0 Å². The van der Waals surface area contributed by atoms with E-state index in [1.54, 1.807) is 13.0 Å². The van der Waals surface area contributed by atoms with Gasteiger partial charge in [0.25, 0.3) is 0 Å². The number of rotatable bonds is 10. The van der Waals surface area contributed by atoms with Crippen LogP contribution >= 0.6 is 0 Å². The lowest BCUT2D eigenvalue weighted by Crippen LogP contribution is -2.21. The van der Waals surface area contributed by atoms with E-state index < -0.39 is 11.7 Å². The van der Waals surface area contributed by atoms with Crippen LogP contribution in [0.5, 0.6) is 0 Å². The van der Waals surface area contributed by atoms with Crippen LogP contribution in [-0.4, -0.2) is 23.1 Å². The molecule has 130 valence electrons. The fourth-order valence-corrected chi connectivity index (χ4v) is 2.15. The molecule has 0 aliphatic carbocycles. The van der Waals surface area contributed by atoms with Gasteiger partial charge in [-0.3, -0.25) is 4.79 Å². The third-order valence-corrected chi connectivity index (χ3v) is 3.34. The molecule has 0 atom stereocenters. The molecule has 0 amide bonds. The predicted molar refractivity (Wildman–Crippen MR) is 91.7 cm³/mol. The summed E-state index contributed by atoms with van der Waals surface area (Å²) in [4.78, 5) is 26.3. The minimum Gasteiger partial charge on any atom is -0.457 e. The highest BCUT2D eigenvalue weighted by atomic mass is 16.5. The van der Waals surface area contributed by atoms with Crippen LogP contribution in [0.4, 0.5) is 0 Å². The highest BCUT2D eigenvalue weighted by Crippen LogP contribution is 2.09. The Hall–Kier alpha value is -2.46. The summed E-state index contributed by atoms with van der Waals surface area (Å²) in [5, 5.41) is 0. The molecule has 0 spiro atoms. The zero-order chi connectivity index (χ0) is 17.8. The Morgan fingerprint density at radius 2 is 2.00 bits per heavy atom. The number of hydrogen-bond donors (Lipinski definition) is 0. The van der Waals surface area contributed by atoms with E-state index in [9.17, 15) is 9.59 Å². The Kier molecular flexibility index (Phi) is 9.09. The van der Waals surface area contributed by atoms with Crippen molar-refractivity contribution in [1.29, 1.82) is 0 Å². The molecule has 0 aliphatic heterocycles. The highest BCUT2D eigenvalue weighted by Gasteiger charge is 2.27.